The maximum atomic E-state index is 10.2. The topological polar surface area (TPSA) is 32.7 Å². The highest BCUT2D eigenvalue weighted by Crippen LogP contribution is 2.37. The van der Waals surface area contributed by atoms with E-state index in [4.69, 9.17) is 4.74 Å². The molecule has 0 bridgehead atoms. The summed E-state index contributed by atoms with van der Waals surface area (Å²) in [5, 5.41) is 10.2. The first-order chi connectivity index (χ1) is 9.55. The zero-order chi connectivity index (χ0) is 14.2. The first-order valence-electron chi connectivity index (χ1n) is 8.65. The number of hydrogen-bond acceptors (Lipinski definition) is 3. The molecule has 0 aromatic rings. The van der Waals surface area contributed by atoms with Crippen LogP contribution in [0.25, 0.3) is 0 Å². The van der Waals surface area contributed by atoms with Crippen molar-refractivity contribution >= 4 is 0 Å². The smallest absolute Gasteiger partial charge is 0.0710 e. The lowest BCUT2D eigenvalue weighted by molar-refractivity contribution is -0.0478. The molecule has 0 aromatic heterocycles. The number of hydrogen-bond donors (Lipinski definition) is 1. The summed E-state index contributed by atoms with van der Waals surface area (Å²) in [4.78, 5) is 2.65. The Balaban J connectivity index is 1.61. The van der Waals surface area contributed by atoms with Crippen molar-refractivity contribution in [2.75, 3.05) is 13.1 Å². The summed E-state index contributed by atoms with van der Waals surface area (Å²) in [6.07, 6.45) is 10.1. The normalized spacial score (nSPS) is 42.1. The van der Waals surface area contributed by atoms with Gasteiger partial charge in [0.2, 0.25) is 0 Å². The van der Waals surface area contributed by atoms with Gasteiger partial charge in [-0.15, -0.1) is 0 Å². The van der Waals surface area contributed by atoms with Gasteiger partial charge >= 0.3 is 0 Å². The number of rotatable bonds is 3. The third-order valence-corrected chi connectivity index (χ3v) is 5.68. The number of nitrogens with zero attached hydrogens (tertiary/aromatic N) is 1. The number of aliphatic hydroxyl groups excluding tert-OH is 1. The van der Waals surface area contributed by atoms with E-state index in [2.05, 4.69) is 18.7 Å². The van der Waals surface area contributed by atoms with E-state index in [1.165, 1.54) is 51.5 Å². The van der Waals surface area contributed by atoms with Gasteiger partial charge in [0.05, 0.1) is 17.8 Å². The van der Waals surface area contributed by atoms with Crippen molar-refractivity contribution in [1.82, 2.24) is 4.90 Å². The van der Waals surface area contributed by atoms with Crippen molar-refractivity contribution in [3.8, 4) is 0 Å². The summed E-state index contributed by atoms with van der Waals surface area (Å²) in [6, 6.07) is 0.605. The molecule has 1 saturated carbocycles. The fourth-order valence-corrected chi connectivity index (χ4v) is 4.61. The van der Waals surface area contributed by atoms with Gasteiger partial charge in [0.1, 0.15) is 0 Å². The quantitative estimate of drug-likeness (QED) is 0.863. The summed E-state index contributed by atoms with van der Waals surface area (Å²) < 4.78 is 6.19. The second-order valence-corrected chi connectivity index (χ2v) is 7.76. The van der Waals surface area contributed by atoms with Crippen LogP contribution in [-0.2, 0) is 4.74 Å². The van der Waals surface area contributed by atoms with E-state index in [1.54, 1.807) is 0 Å². The van der Waals surface area contributed by atoms with Crippen LogP contribution in [0, 0.1) is 5.92 Å². The molecule has 3 fully saturated rings. The molecule has 1 N–H and O–H groups in total. The molecule has 0 aromatic carbocycles. The Kier molecular flexibility index (Phi) is 4.40. The summed E-state index contributed by atoms with van der Waals surface area (Å²) in [5.74, 6) is 0.518. The molecule has 2 heterocycles. The predicted octanol–water partition coefficient (Wildman–Crippen LogP) is 2.96. The van der Waals surface area contributed by atoms with Crippen LogP contribution in [0.3, 0.4) is 0 Å². The molecule has 4 unspecified atom stereocenters. The van der Waals surface area contributed by atoms with Crippen LogP contribution in [0.5, 0.6) is 0 Å². The molecule has 3 nitrogen and oxygen atoms in total. The molecule has 1 aliphatic carbocycles. The van der Waals surface area contributed by atoms with E-state index in [0.29, 0.717) is 18.1 Å². The fraction of sp³-hybridized carbons (Fsp3) is 1.00. The molecule has 4 atom stereocenters. The molecule has 3 heteroatoms. The minimum atomic E-state index is -0.0541. The van der Waals surface area contributed by atoms with Crippen molar-refractivity contribution < 1.29 is 9.84 Å². The molecule has 0 amide bonds. The third kappa shape index (κ3) is 3.20. The average Bonchev–Trinajstić information content (AvgIpc) is 2.96. The molecule has 0 spiro atoms. The zero-order valence-electron chi connectivity index (χ0n) is 13.2. The minimum absolute atomic E-state index is 0.0541. The fourth-order valence-electron chi connectivity index (χ4n) is 4.61. The maximum Gasteiger partial charge on any atom is 0.0710 e. The van der Waals surface area contributed by atoms with Crippen LogP contribution in [-0.4, -0.2) is 46.9 Å². The van der Waals surface area contributed by atoms with Gasteiger partial charge in [-0.25, -0.2) is 0 Å². The van der Waals surface area contributed by atoms with Gasteiger partial charge < -0.3 is 9.84 Å². The number of aliphatic hydroxyl groups is 1. The van der Waals surface area contributed by atoms with Crippen LogP contribution in [0.15, 0.2) is 0 Å². The largest absolute Gasteiger partial charge is 0.393 e. The SMILES string of the molecule is CC1(C)CCC(CN2CCCCC2C2CCCC2O)O1. The Bertz CT molecular complexity index is 331. The molecule has 2 aliphatic heterocycles. The molecular formula is C17H31NO2. The summed E-state index contributed by atoms with van der Waals surface area (Å²) in [6.45, 7) is 6.70. The second kappa shape index (κ2) is 5.94. The Morgan fingerprint density at radius 3 is 2.60 bits per heavy atom. The van der Waals surface area contributed by atoms with Crippen LogP contribution in [0.2, 0.25) is 0 Å². The standard InChI is InChI=1S/C17H31NO2/c1-17(2)10-9-13(20-17)12-18-11-4-3-7-15(18)14-6-5-8-16(14)19/h13-16,19H,3-12H2,1-2H3. The highest BCUT2D eigenvalue weighted by molar-refractivity contribution is 4.92. The number of likely N-dealkylation sites (tertiary alicyclic amines) is 1. The summed E-state index contributed by atoms with van der Waals surface area (Å²) in [7, 11) is 0. The van der Waals surface area contributed by atoms with Gasteiger partial charge in [0.25, 0.3) is 0 Å². The van der Waals surface area contributed by atoms with E-state index in [0.717, 1.165) is 13.0 Å². The molecule has 0 radical (unpaired) electrons. The number of piperidine rings is 1. The lowest BCUT2D eigenvalue weighted by Gasteiger charge is -2.41. The van der Waals surface area contributed by atoms with E-state index in [9.17, 15) is 5.11 Å². The lowest BCUT2D eigenvalue weighted by Crippen LogP contribution is -2.49. The van der Waals surface area contributed by atoms with Gasteiger partial charge in [0, 0.05) is 18.5 Å². The van der Waals surface area contributed by atoms with Crippen LogP contribution in [0.4, 0.5) is 0 Å². The van der Waals surface area contributed by atoms with Gasteiger partial charge in [-0.2, -0.15) is 0 Å². The van der Waals surface area contributed by atoms with Crippen molar-refractivity contribution in [3.63, 3.8) is 0 Å². The molecule has 3 rings (SSSR count). The summed E-state index contributed by atoms with van der Waals surface area (Å²) in [5.41, 5.74) is 0.0722. The maximum absolute atomic E-state index is 10.2. The first-order valence-corrected chi connectivity index (χ1v) is 8.65. The lowest BCUT2D eigenvalue weighted by atomic mass is 9.87. The molecule has 3 aliphatic rings. The second-order valence-electron chi connectivity index (χ2n) is 7.76. The van der Waals surface area contributed by atoms with E-state index < -0.39 is 0 Å². The van der Waals surface area contributed by atoms with Gasteiger partial charge in [-0.05, 0) is 58.9 Å². The molecule has 116 valence electrons. The zero-order valence-corrected chi connectivity index (χ0v) is 13.2. The van der Waals surface area contributed by atoms with Crippen molar-refractivity contribution in [3.05, 3.63) is 0 Å². The average molecular weight is 281 g/mol. The van der Waals surface area contributed by atoms with E-state index >= 15 is 0 Å². The number of ether oxygens (including phenoxy) is 1. The van der Waals surface area contributed by atoms with Crippen molar-refractivity contribution in [2.24, 2.45) is 5.92 Å². The van der Waals surface area contributed by atoms with Crippen LogP contribution >= 0.6 is 0 Å². The monoisotopic (exact) mass is 281 g/mol. The summed E-state index contributed by atoms with van der Waals surface area (Å²) >= 11 is 0. The Morgan fingerprint density at radius 1 is 1.10 bits per heavy atom. The molecule has 2 saturated heterocycles. The van der Waals surface area contributed by atoms with Gasteiger partial charge in [-0.1, -0.05) is 12.8 Å². The van der Waals surface area contributed by atoms with Gasteiger partial charge in [0.15, 0.2) is 0 Å². The minimum Gasteiger partial charge on any atom is -0.393 e. The Morgan fingerprint density at radius 2 is 1.95 bits per heavy atom. The molecular weight excluding hydrogens is 250 g/mol. The van der Waals surface area contributed by atoms with Crippen LogP contribution in [0.1, 0.15) is 65.2 Å². The predicted molar refractivity (Wildman–Crippen MR) is 80.7 cm³/mol. The molecule has 20 heavy (non-hydrogen) atoms. The van der Waals surface area contributed by atoms with Crippen molar-refractivity contribution in [2.45, 2.75) is 89.1 Å². The Hall–Kier alpha value is -0.120. The highest BCUT2D eigenvalue weighted by atomic mass is 16.5. The first kappa shape index (κ1) is 14.8. The van der Waals surface area contributed by atoms with E-state index in [-0.39, 0.29) is 11.7 Å². The van der Waals surface area contributed by atoms with Crippen molar-refractivity contribution in [1.29, 1.82) is 0 Å². The van der Waals surface area contributed by atoms with Gasteiger partial charge in [-0.3, -0.25) is 4.90 Å². The van der Waals surface area contributed by atoms with E-state index in [1.807, 2.05) is 0 Å². The third-order valence-electron chi connectivity index (χ3n) is 5.68. The highest BCUT2D eigenvalue weighted by Gasteiger charge is 2.39. The Labute approximate surface area is 123 Å². The van der Waals surface area contributed by atoms with Crippen LogP contribution < -0.4 is 0 Å².